The lowest BCUT2D eigenvalue weighted by atomic mass is 10.1. The van der Waals surface area contributed by atoms with Gasteiger partial charge in [-0.05, 0) is 82.0 Å². The van der Waals surface area contributed by atoms with Crippen LogP contribution in [0, 0.1) is 31.1 Å². The molecule has 1 atom stereocenters. The number of rotatable bonds is 9. The van der Waals surface area contributed by atoms with Crippen LogP contribution in [0.5, 0.6) is 0 Å². The lowest BCUT2D eigenvalue weighted by Crippen LogP contribution is -2.30. The van der Waals surface area contributed by atoms with E-state index in [4.69, 9.17) is 4.74 Å². The monoisotopic (exact) mass is 449 g/mol. The summed E-state index contributed by atoms with van der Waals surface area (Å²) in [6, 6.07) is 10.2. The van der Waals surface area contributed by atoms with Gasteiger partial charge >= 0.3 is 5.97 Å². The number of benzene rings is 1. The molecule has 1 aromatic carbocycles. The van der Waals surface area contributed by atoms with Gasteiger partial charge in [-0.3, -0.25) is 9.59 Å². The Morgan fingerprint density at radius 2 is 1.79 bits per heavy atom. The highest BCUT2D eigenvalue weighted by Crippen LogP contribution is 2.20. The molecule has 0 radical (unpaired) electrons. The van der Waals surface area contributed by atoms with Crippen LogP contribution in [0.3, 0.4) is 0 Å². The summed E-state index contributed by atoms with van der Waals surface area (Å²) in [5.74, 6) is -0.914. The predicted molar refractivity (Wildman–Crippen MR) is 128 cm³/mol. The fourth-order valence-corrected chi connectivity index (χ4v) is 3.31. The van der Waals surface area contributed by atoms with Gasteiger partial charge in [-0.1, -0.05) is 13.8 Å². The van der Waals surface area contributed by atoms with Gasteiger partial charge in [0.2, 0.25) is 0 Å². The molecule has 0 aliphatic carbocycles. The van der Waals surface area contributed by atoms with Crippen LogP contribution in [0.15, 0.2) is 35.9 Å². The lowest BCUT2D eigenvalue weighted by molar-refractivity contribution is -0.148. The standard InChI is InChI=1S/C26H31N3O4/c1-16(2)11-12-29-17(3)13-22(18(29)4)14-23(15-27)26(32)33-20(6)25(31)28-24-9-7-21(8-10-24)19(5)30/h7-10,13-14,16,20H,11-12H2,1-6H3,(H,28,31)/b23-14+. The quantitative estimate of drug-likeness (QED) is 0.256. The molecular formula is C26H31N3O4. The number of esters is 1. The first-order valence-electron chi connectivity index (χ1n) is 10.9. The Kier molecular flexibility index (Phi) is 8.75. The molecule has 7 nitrogen and oxygen atoms in total. The number of amides is 1. The number of carbonyl (C=O) groups excluding carboxylic acids is 3. The summed E-state index contributed by atoms with van der Waals surface area (Å²) in [5, 5.41) is 12.1. The Hall–Kier alpha value is -3.66. The normalized spacial score (nSPS) is 12.2. The summed E-state index contributed by atoms with van der Waals surface area (Å²) in [6.07, 6.45) is 1.42. The average Bonchev–Trinajstić information content (AvgIpc) is 3.02. The van der Waals surface area contributed by atoms with E-state index in [0.29, 0.717) is 17.2 Å². The maximum atomic E-state index is 12.5. The lowest BCUT2D eigenvalue weighted by Gasteiger charge is -2.13. The van der Waals surface area contributed by atoms with Crippen molar-refractivity contribution >= 4 is 29.4 Å². The maximum Gasteiger partial charge on any atom is 0.349 e. The molecule has 1 N–H and O–H groups in total. The number of hydrogen-bond acceptors (Lipinski definition) is 5. The molecule has 2 aromatic rings. The predicted octanol–water partition coefficient (Wildman–Crippen LogP) is 4.83. The number of Topliss-reactive ketones (excluding diaryl/α,β-unsaturated/α-hetero) is 1. The minimum Gasteiger partial charge on any atom is -0.448 e. The first-order valence-corrected chi connectivity index (χ1v) is 10.9. The van der Waals surface area contributed by atoms with Crippen molar-refractivity contribution in [3.8, 4) is 6.07 Å². The van der Waals surface area contributed by atoms with Crippen molar-refractivity contribution in [2.45, 2.75) is 60.6 Å². The molecule has 2 rings (SSSR count). The topological polar surface area (TPSA) is 101 Å². The number of hydrogen-bond donors (Lipinski definition) is 1. The summed E-state index contributed by atoms with van der Waals surface area (Å²) in [7, 11) is 0. The third kappa shape index (κ3) is 6.91. The zero-order chi connectivity index (χ0) is 24.7. The number of ether oxygens (including phenoxy) is 1. The Morgan fingerprint density at radius 3 is 2.33 bits per heavy atom. The molecule has 0 saturated heterocycles. The van der Waals surface area contributed by atoms with Crippen molar-refractivity contribution in [2.75, 3.05) is 5.32 Å². The highest BCUT2D eigenvalue weighted by Gasteiger charge is 2.21. The zero-order valence-electron chi connectivity index (χ0n) is 20.1. The molecule has 0 fully saturated rings. The number of nitrogens with one attached hydrogen (secondary N) is 1. The summed E-state index contributed by atoms with van der Waals surface area (Å²) in [5.41, 5.74) is 3.61. The van der Waals surface area contributed by atoms with Crippen LogP contribution < -0.4 is 5.32 Å². The van der Waals surface area contributed by atoms with Crippen molar-refractivity contribution in [1.29, 1.82) is 5.26 Å². The fraction of sp³-hybridized carbons (Fsp3) is 0.385. The number of ketones is 1. The van der Waals surface area contributed by atoms with Gasteiger partial charge in [0.25, 0.3) is 5.91 Å². The number of nitrogens with zero attached hydrogens (tertiary/aromatic N) is 2. The van der Waals surface area contributed by atoms with Crippen LogP contribution in [0.1, 0.15) is 61.4 Å². The van der Waals surface area contributed by atoms with Gasteiger partial charge in [0.05, 0.1) is 0 Å². The van der Waals surface area contributed by atoms with Crippen LogP contribution in [0.2, 0.25) is 0 Å². The van der Waals surface area contributed by atoms with E-state index in [2.05, 4.69) is 23.7 Å². The number of anilines is 1. The van der Waals surface area contributed by atoms with Crippen molar-refractivity contribution in [2.24, 2.45) is 5.92 Å². The minimum absolute atomic E-state index is 0.0771. The van der Waals surface area contributed by atoms with Crippen LogP contribution in [-0.2, 0) is 20.9 Å². The molecule has 174 valence electrons. The SMILES string of the molecule is CC(=O)c1ccc(NC(=O)C(C)OC(=O)/C(C#N)=C/c2cc(C)n(CCC(C)C)c2C)cc1. The average molecular weight is 450 g/mol. The van der Waals surface area contributed by atoms with Crippen molar-refractivity contribution in [1.82, 2.24) is 4.57 Å². The molecular weight excluding hydrogens is 418 g/mol. The molecule has 0 spiro atoms. The third-order valence-electron chi connectivity index (χ3n) is 5.40. The summed E-state index contributed by atoms with van der Waals surface area (Å²) < 4.78 is 7.39. The highest BCUT2D eigenvalue weighted by molar-refractivity contribution is 6.01. The first kappa shape index (κ1) is 25.6. The van der Waals surface area contributed by atoms with Crippen LogP contribution in [0.4, 0.5) is 5.69 Å². The molecule has 1 aromatic heterocycles. The Bertz CT molecular complexity index is 1100. The molecule has 0 aliphatic rings. The molecule has 0 saturated carbocycles. The smallest absolute Gasteiger partial charge is 0.349 e. The van der Waals surface area contributed by atoms with E-state index in [9.17, 15) is 19.6 Å². The fourth-order valence-electron chi connectivity index (χ4n) is 3.31. The zero-order valence-corrected chi connectivity index (χ0v) is 20.1. The van der Waals surface area contributed by atoms with Gasteiger partial charge in [-0.15, -0.1) is 0 Å². The molecule has 1 heterocycles. The van der Waals surface area contributed by atoms with E-state index in [0.717, 1.165) is 29.9 Å². The second-order valence-corrected chi connectivity index (χ2v) is 8.50. The molecule has 1 amide bonds. The minimum atomic E-state index is -1.11. The van der Waals surface area contributed by atoms with Gasteiger partial charge < -0.3 is 14.6 Å². The van der Waals surface area contributed by atoms with Crippen LogP contribution in [-0.4, -0.2) is 28.3 Å². The number of aromatic nitrogens is 1. The van der Waals surface area contributed by atoms with Gasteiger partial charge in [-0.2, -0.15) is 5.26 Å². The van der Waals surface area contributed by atoms with Gasteiger partial charge in [-0.25, -0.2) is 4.79 Å². The van der Waals surface area contributed by atoms with Crippen molar-refractivity contribution < 1.29 is 19.1 Å². The second kappa shape index (κ2) is 11.3. The summed E-state index contributed by atoms with van der Waals surface area (Å²) in [4.78, 5) is 36.3. The van der Waals surface area contributed by atoms with E-state index >= 15 is 0 Å². The Balaban J connectivity index is 2.08. The van der Waals surface area contributed by atoms with E-state index in [1.54, 1.807) is 24.3 Å². The van der Waals surface area contributed by atoms with E-state index < -0.39 is 18.0 Å². The van der Waals surface area contributed by atoms with E-state index in [1.807, 2.05) is 26.0 Å². The summed E-state index contributed by atoms with van der Waals surface area (Å²) in [6.45, 7) is 12.0. The second-order valence-electron chi connectivity index (χ2n) is 8.50. The Morgan fingerprint density at radius 1 is 1.15 bits per heavy atom. The van der Waals surface area contributed by atoms with Crippen molar-refractivity contribution in [3.05, 3.63) is 58.4 Å². The summed E-state index contributed by atoms with van der Waals surface area (Å²) >= 11 is 0. The molecule has 7 heteroatoms. The maximum absolute atomic E-state index is 12.5. The number of carbonyl (C=O) groups is 3. The molecule has 0 aliphatic heterocycles. The van der Waals surface area contributed by atoms with Crippen LogP contribution >= 0.6 is 0 Å². The number of aryl methyl sites for hydroxylation is 1. The first-order chi connectivity index (χ1) is 15.5. The van der Waals surface area contributed by atoms with Crippen LogP contribution in [0.25, 0.3) is 6.08 Å². The largest absolute Gasteiger partial charge is 0.448 e. The van der Waals surface area contributed by atoms with Gasteiger partial charge in [0, 0.05) is 29.2 Å². The molecule has 33 heavy (non-hydrogen) atoms. The van der Waals surface area contributed by atoms with Gasteiger partial charge in [0.1, 0.15) is 11.6 Å². The number of nitriles is 1. The molecule has 1 unspecified atom stereocenters. The highest BCUT2D eigenvalue weighted by atomic mass is 16.5. The van der Waals surface area contributed by atoms with Crippen molar-refractivity contribution in [3.63, 3.8) is 0 Å². The van der Waals surface area contributed by atoms with E-state index in [-0.39, 0.29) is 11.4 Å². The van der Waals surface area contributed by atoms with E-state index in [1.165, 1.54) is 19.9 Å². The Labute approximate surface area is 195 Å². The van der Waals surface area contributed by atoms with Gasteiger partial charge in [0.15, 0.2) is 11.9 Å². The third-order valence-corrected chi connectivity index (χ3v) is 5.40. The molecule has 0 bridgehead atoms.